The molecule has 0 saturated carbocycles. The van der Waals surface area contributed by atoms with Gasteiger partial charge in [0.1, 0.15) is 5.60 Å². The van der Waals surface area contributed by atoms with Gasteiger partial charge in [0.25, 0.3) is 0 Å². The molecule has 0 aromatic heterocycles. The number of rotatable bonds is 6. The highest BCUT2D eigenvalue weighted by molar-refractivity contribution is 14.0. The van der Waals surface area contributed by atoms with Crippen LogP contribution in [0.2, 0.25) is 0 Å². The predicted molar refractivity (Wildman–Crippen MR) is 139 cm³/mol. The van der Waals surface area contributed by atoms with Crippen LogP contribution in [0.25, 0.3) is 0 Å². The van der Waals surface area contributed by atoms with Crippen molar-refractivity contribution in [1.29, 1.82) is 0 Å². The fraction of sp³-hybridized carbons (Fsp3) is 0.652. The predicted octanol–water partition coefficient (Wildman–Crippen LogP) is 3.22. The number of anilines is 1. The van der Waals surface area contributed by atoms with Gasteiger partial charge in [0.05, 0.1) is 12.7 Å². The Bertz CT molecular complexity index is 751. The van der Waals surface area contributed by atoms with E-state index in [0.717, 1.165) is 44.3 Å². The van der Waals surface area contributed by atoms with Crippen molar-refractivity contribution in [3.05, 3.63) is 29.8 Å². The Kier molecular flexibility index (Phi) is 10.5. The highest BCUT2D eigenvalue weighted by atomic mass is 127. The van der Waals surface area contributed by atoms with Crippen LogP contribution in [-0.4, -0.2) is 74.5 Å². The maximum absolute atomic E-state index is 11.8. The maximum atomic E-state index is 11.8. The van der Waals surface area contributed by atoms with Crippen LogP contribution in [0.3, 0.4) is 0 Å². The molecule has 180 valence electrons. The van der Waals surface area contributed by atoms with Crippen LogP contribution in [0, 0.1) is 0 Å². The Morgan fingerprint density at radius 1 is 1.25 bits per heavy atom. The molecule has 3 rings (SSSR count). The number of fused-ring (bicyclic) bond motifs is 1. The summed E-state index contributed by atoms with van der Waals surface area (Å²) in [5.41, 5.74) is 1.38. The summed E-state index contributed by atoms with van der Waals surface area (Å²) in [7, 11) is 1.78. The fourth-order valence-corrected chi connectivity index (χ4v) is 3.94. The van der Waals surface area contributed by atoms with E-state index in [2.05, 4.69) is 25.8 Å². The third kappa shape index (κ3) is 8.74. The van der Waals surface area contributed by atoms with Crippen LogP contribution in [0.15, 0.2) is 29.3 Å². The molecule has 1 amide bonds. The molecule has 2 fully saturated rings. The quantitative estimate of drug-likeness (QED) is 0.282. The minimum atomic E-state index is -0.512. The molecular weight excluding hydrogens is 521 g/mol. The first-order valence-corrected chi connectivity index (χ1v) is 11.2. The zero-order valence-corrected chi connectivity index (χ0v) is 22.0. The number of hydrogen-bond donors (Lipinski definition) is 3. The maximum Gasteiger partial charge on any atom is 0.412 e. The van der Waals surface area contributed by atoms with Gasteiger partial charge in [-0.1, -0.05) is 12.1 Å². The van der Waals surface area contributed by atoms with Gasteiger partial charge in [-0.3, -0.25) is 15.2 Å². The molecule has 2 heterocycles. The first-order chi connectivity index (χ1) is 14.8. The molecule has 2 unspecified atom stereocenters. The van der Waals surface area contributed by atoms with Crippen molar-refractivity contribution in [2.45, 2.75) is 57.8 Å². The van der Waals surface area contributed by atoms with Gasteiger partial charge in [0.2, 0.25) is 0 Å². The molecule has 0 spiro atoms. The smallest absolute Gasteiger partial charge is 0.412 e. The topological polar surface area (TPSA) is 87.2 Å². The third-order valence-corrected chi connectivity index (χ3v) is 5.49. The van der Waals surface area contributed by atoms with E-state index in [1.807, 2.05) is 45.0 Å². The third-order valence-electron chi connectivity index (χ3n) is 5.49. The summed E-state index contributed by atoms with van der Waals surface area (Å²) >= 11 is 0. The van der Waals surface area contributed by atoms with E-state index >= 15 is 0 Å². The standard InChI is InChI=1S/C23H37N5O3.HI/c1-23(2,3)31-22(29)27-18-9-7-17(8-10-18)11-12-25-21(24-4)26-14-20-15-28-13-5-6-19(28)16-30-20;/h7-10,19-20H,5-6,11-16H2,1-4H3,(H,27,29)(H2,24,25,26);1H. The lowest BCUT2D eigenvalue weighted by atomic mass is 10.1. The molecule has 2 aliphatic rings. The number of ether oxygens (including phenoxy) is 2. The summed E-state index contributed by atoms with van der Waals surface area (Å²) in [5.74, 6) is 0.787. The second kappa shape index (κ2) is 12.6. The van der Waals surface area contributed by atoms with Gasteiger partial charge in [0, 0.05) is 38.4 Å². The number of amides is 1. The Morgan fingerprint density at radius 2 is 2.00 bits per heavy atom. The Morgan fingerprint density at radius 3 is 2.69 bits per heavy atom. The van der Waals surface area contributed by atoms with Gasteiger partial charge < -0.3 is 20.1 Å². The Hall–Kier alpha value is -1.59. The van der Waals surface area contributed by atoms with Gasteiger partial charge in [-0.15, -0.1) is 24.0 Å². The highest BCUT2D eigenvalue weighted by Crippen LogP contribution is 2.22. The van der Waals surface area contributed by atoms with Crippen molar-refractivity contribution < 1.29 is 14.3 Å². The summed E-state index contributed by atoms with van der Waals surface area (Å²) in [6, 6.07) is 8.41. The number of nitrogens with zero attached hydrogens (tertiary/aromatic N) is 2. The largest absolute Gasteiger partial charge is 0.444 e. The molecule has 9 heteroatoms. The average Bonchev–Trinajstić information content (AvgIpc) is 3.18. The number of guanidine groups is 1. The molecule has 1 aromatic carbocycles. The van der Waals surface area contributed by atoms with Gasteiger partial charge in [-0.2, -0.15) is 0 Å². The average molecular weight is 559 g/mol. The fourth-order valence-electron chi connectivity index (χ4n) is 3.94. The molecule has 32 heavy (non-hydrogen) atoms. The second-order valence-electron chi connectivity index (χ2n) is 9.20. The molecule has 0 aliphatic carbocycles. The number of carbonyl (C=O) groups excluding carboxylic acids is 1. The SMILES string of the molecule is CN=C(NCCc1ccc(NC(=O)OC(C)(C)C)cc1)NCC1CN2CCCC2CO1.I. The van der Waals surface area contributed by atoms with Crippen molar-refractivity contribution >= 4 is 41.7 Å². The van der Waals surface area contributed by atoms with Gasteiger partial charge in [-0.05, 0) is 64.3 Å². The molecular formula is C23H38IN5O3. The van der Waals surface area contributed by atoms with Crippen molar-refractivity contribution in [2.24, 2.45) is 4.99 Å². The summed E-state index contributed by atoms with van der Waals surface area (Å²) in [5, 5.41) is 9.49. The molecule has 0 radical (unpaired) electrons. The van der Waals surface area contributed by atoms with Crippen molar-refractivity contribution in [2.75, 3.05) is 45.2 Å². The Balaban J connectivity index is 0.00000363. The summed E-state index contributed by atoms with van der Waals surface area (Å²) in [6.45, 7) is 10.1. The molecule has 8 nitrogen and oxygen atoms in total. The second-order valence-corrected chi connectivity index (χ2v) is 9.20. The number of halogens is 1. The van der Waals surface area contributed by atoms with E-state index in [4.69, 9.17) is 9.47 Å². The minimum Gasteiger partial charge on any atom is -0.444 e. The van der Waals surface area contributed by atoms with E-state index in [0.29, 0.717) is 6.04 Å². The number of aliphatic imine (C=N–C) groups is 1. The van der Waals surface area contributed by atoms with Crippen LogP contribution < -0.4 is 16.0 Å². The van der Waals surface area contributed by atoms with E-state index in [1.54, 1.807) is 7.05 Å². The van der Waals surface area contributed by atoms with Crippen LogP contribution in [0.5, 0.6) is 0 Å². The molecule has 3 N–H and O–H groups in total. The molecule has 2 atom stereocenters. The normalized spacial score (nSPS) is 21.3. The van der Waals surface area contributed by atoms with Crippen LogP contribution in [0.1, 0.15) is 39.2 Å². The van der Waals surface area contributed by atoms with Crippen molar-refractivity contribution in [3.8, 4) is 0 Å². The minimum absolute atomic E-state index is 0. The molecule has 1 aromatic rings. The lowest BCUT2D eigenvalue weighted by molar-refractivity contribution is -0.0453. The lowest BCUT2D eigenvalue weighted by Crippen LogP contribution is -2.51. The molecule has 2 saturated heterocycles. The highest BCUT2D eigenvalue weighted by Gasteiger charge is 2.32. The van der Waals surface area contributed by atoms with Crippen molar-refractivity contribution in [1.82, 2.24) is 15.5 Å². The van der Waals surface area contributed by atoms with E-state index in [9.17, 15) is 4.79 Å². The van der Waals surface area contributed by atoms with Crippen LogP contribution in [0.4, 0.5) is 10.5 Å². The van der Waals surface area contributed by atoms with E-state index in [1.165, 1.54) is 24.9 Å². The summed E-state index contributed by atoms with van der Waals surface area (Å²) in [6.07, 6.45) is 3.16. The first kappa shape index (κ1) is 26.7. The number of hydrogen-bond acceptors (Lipinski definition) is 5. The molecule has 0 bridgehead atoms. The van der Waals surface area contributed by atoms with E-state index in [-0.39, 0.29) is 30.1 Å². The van der Waals surface area contributed by atoms with Gasteiger partial charge in [0.15, 0.2) is 5.96 Å². The zero-order chi connectivity index (χ0) is 22.3. The monoisotopic (exact) mass is 559 g/mol. The number of benzene rings is 1. The Labute approximate surface area is 208 Å². The van der Waals surface area contributed by atoms with E-state index < -0.39 is 11.7 Å². The first-order valence-electron chi connectivity index (χ1n) is 11.2. The van der Waals surface area contributed by atoms with Gasteiger partial charge in [-0.25, -0.2) is 4.79 Å². The van der Waals surface area contributed by atoms with Crippen molar-refractivity contribution in [3.63, 3.8) is 0 Å². The number of carbonyl (C=O) groups is 1. The van der Waals surface area contributed by atoms with Gasteiger partial charge >= 0.3 is 6.09 Å². The summed E-state index contributed by atoms with van der Waals surface area (Å²) < 4.78 is 11.3. The van der Waals surface area contributed by atoms with Crippen LogP contribution in [-0.2, 0) is 15.9 Å². The number of nitrogens with one attached hydrogen (secondary N) is 3. The summed E-state index contributed by atoms with van der Waals surface area (Å²) in [4.78, 5) is 18.7. The molecule has 2 aliphatic heterocycles. The lowest BCUT2D eigenvalue weighted by Gasteiger charge is -2.35. The number of morpholine rings is 1. The van der Waals surface area contributed by atoms with Crippen LogP contribution >= 0.6 is 24.0 Å². The zero-order valence-electron chi connectivity index (χ0n) is 19.6.